The maximum atomic E-state index is 12.8. The van der Waals surface area contributed by atoms with Crippen LogP contribution in [0.4, 0.5) is 10.1 Å². The van der Waals surface area contributed by atoms with E-state index in [9.17, 15) is 14.0 Å². The molecule has 0 aliphatic carbocycles. The first-order valence-electron chi connectivity index (χ1n) is 4.37. The number of carbonyl (C=O) groups excluding carboxylic acids is 2. The van der Waals surface area contributed by atoms with E-state index in [1.165, 1.54) is 12.1 Å². The molecule has 1 N–H and O–H groups in total. The SMILES string of the molecule is CCC(=O)Nc1ccc(F)cc1C(=O)S. The Morgan fingerprint density at radius 2 is 2.13 bits per heavy atom. The largest absolute Gasteiger partial charge is 0.325 e. The summed E-state index contributed by atoms with van der Waals surface area (Å²) in [7, 11) is 0. The van der Waals surface area contributed by atoms with Crippen LogP contribution in [0.5, 0.6) is 0 Å². The van der Waals surface area contributed by atoms with E-state index in [1.54, 1.807) is 6.92 Å². The van der Waals surface area contributed by atoms with Gasteiger partial charge in [0.15, 0.2) is 0 Å². The summed E-state index contributed by atoms with van der Waals surface area (Å²) in [5.41, 5.74) is 0.336. The average molecular weight is 227 g/mol. The van der Waals surface area contributed by atoms with Gasteiger partial charge in [-0.3, -0.25) is 9.59 Å². The molecule has 0 saturated carbocycles. The number of carbonyl (C=O) groups is 2. The number of amides is 1. The van der Waals surface area contributed by atoms with E-state index in [0.717, 1.165) is 6.07 Å². The second-order valence-electron chi connectivity index (χ2n) is 2.90. The molecule has 0 bridgehead atoms. The van der Waals surface area contributed by atoms with Crippen LogP contribution in [0.15, 0.2) is 18.2 Å². The molecule has 15 heavy (non-hydrogen) atoms. The molecular weight excluding hydrogens is 217 g/mol. The van der Waals surface area contributed by atoms with Gasteiger partial charge in [-0.15, -0.1) is 12.6 Å². The van der Waals surface area contributed by atoms with E-state index in [2.05, 4.69) is 17.9 Å². The van der Waals surface area contributed by atoms with Crippen LogP contribution in [0.25, 0.3) is 0 Å². The lowest BCUT2D eigenvalue weighted by molar-refractivity contribution is -0.115. The molecule has 5 heteroatoms. The predicted octanol–water partition coefficient (Wildman–Crippen LogP) is 2.24. The van der Waals surface area contributed by atoms with Gasteiger partial charge in [0, 0.05) is 6.42 Å². The Morgan fingerprint density at radius 1 is 1.47 bits per heavy atom. The lowest BCUT2D eigenvalue weighted by Gasteiger charge is -2.07. The van der Waals surface area contributed by atoms with Gasteiger partial charge >= 0.3 is 0 Å². The van der Waals surface area contributed by atoms with Gasteiger partial charge < -0.3 is 5.32 Å². The number of benzene rings is 1. The van der Waals surface area contributed by atoms with E-state index in [0.29, 0.717) is 0 Å². The van der Waals surface area contributed by atoms with Crippen LogP contribution >= 0.6 is 12.6 Å². The molecule has 0 radical (unpaired) electrons. The fraction of sp³-hybridized carbons (Fsp3) is 0.200. The van der Waals surface area contributed by atoms with E-state index in [4.69, 9.17) is 0 Å². The zero-order valence-electron chi connectivity index (χ0n) is 8.08. The molecule has 1 amide bonds. The van der Waals surface area contributed by atoms with Gasteiger partial charge in [-0.2, -0.15) is 0 Å². The normalized spacial score (nSPS) is 9.80. The van der Waals surface area contributed by atoms with Crippen LogP contribution in [0, 0.1) is 5.82 Å². The van der Waals surface area contributed by atoms with Crippen molar-refractivity contribution in [2.45, 2.75) is 13.3 Å². The number of hydrogen-bond donors (Lipinski definition) is 2. The molecule has 80 valence electrons. The van der Waals surface area contributed by atoms with Gasteiger partial charge in [-0.05, 0) is 18.2 Å². The van der Waals surface area contributed by atoms with Crippen molar-refractivity contribution in [2.24, 2.45) is 0 Å². The van der Waals surface area contributed by atoms with E-state index >= 15 is 0 Å². The Bertz CT molecular complexity index is 406. The molecule has 1 aromatic carbocycles. The lowest BCUT2D eigenvalue weighted by atomic mass is 10.2. The Labute approximate surface area is 92.1 Å². The fourth-order valence-corrected chi connectivity index (χ4v) is 1.23. The van der Waals surface area contributed by atoms with Gasteiger partial charge in [0.1, 0.15) is 5.82 Å². The third kappa shape index (κ3) is 3.06. The van der Waals surface area contributed by atoms with Gasteiger partial charge in [-0.1, -0.05) is 6.92 Å². The first-order chi connectivity index (χ1) is 7.04. The molecule has 0 aromatic heterocycles. The smallest absolute Gasteiger partial charge is 0.224 e. The molecule has 0 aliphatic rings. The lowest BCUT2D eigenvalue weighted by Crippen LogP contribution is -2.12. The van der Waals surface area contributed by atoms with Crippen molar-refractivity contribution >= 4 is 29.3 Å². The summed E-state index contributed by atoms with van der Waals surface area (Å²) < 4.78 is 12.8. The van der Waals surface area contributed by atoms with Gasteiger partial charge in [-0.25, -0.2) is 4.39 Å². The number of hydrogen-bond acceptors (Lipinski definition) is 2. The highest BCUT2D eigenvalue weighted by Gasteiger charge is 2.10. The summed E-state index contributed by atoms with van der Waals surface area (Å²) in [5.74, 6) is -0.778. The van der Waals surface area contributed by atoms with Crippen molar-refractivity contribution in [1.29, 1.82) is 0 Å². The second-order valence-corrected chi connectivity index (χ2v) is 3.30. The summed E-state index contributed by atoms with van der Waals surface area (Å²) in [5, 5.41) is 1.91. The fourth-order valence-electron chi connectivity index (χ4n) is 1.04. The topological polar surface area (TPSA) is 46.2 Å². The Morgan fingerprint density at radius 3 is 2.67 bits per heavy atom. The van der Waals surface area contributed by atoms with Crippen LogP contribution in [0.1, 0.15) is 23.7 Å². The summed E-state index contributed by atoms with van der Waals surface area (Å²) in [6.45, 7) is 1.68. The molecule has 1 rings (SSSR count). The predicted molar refractivity (Wildman–Crippen MR) is 58.6 cm³/mol. The molecule has 0 saturated heterocycles. The first kappa shape index (κ1) is 11.7. The minimum Gasteiger partial charge on any atom is -0.325 e. The number of rotatable bonds is 3. The van der Waals surface area contributed by atoms with Crippen LogP contribution in [-0.2, 0) is 4.79 Å². The molecule has 0 fully saturated rings. The second kappa shape index (κ2) is 4.93. The van der Waals surface area contributed by atoms with Crippen LogP contribution < -0.4 is 5.32 Å². The van der Waals surface area contributed by atoms with Crippen LogP contribution in [0.2, 0.25) is 0 Å². The molecule has 0 unspecified atom stereocenters. The molecule has 1 aromatic rings. The zero-order valence-corrected chi connectivity index (χ0v) is 8.98. The number of halogens is 1. The first-order valence-corrected chi connectivity index (χ1v) is 4.82. The zero-order chi connectivity index (χ0) is 11.4. The van der Waals surface area contributed by atoms with Crippen molar-refractivity contribution in [3.8, 4) is 0 Å². The van der Waals surface area contributed by atoms with Crippen molar-refractivity contribution in [3.63, 3.8) is 0 Å². The van der Waals surface area contributed by atoms with Gasteiger partial charge in [0.25, 0.3) is 0 Å². The van der Waals surface area contributed by atoms with Gasteiger partial charge in [0.05, 0.1) is 11.3 Å². The highest BCUT2D eigenvalue weighted by molar-refractivity contribution is 7.97. The molecule has 0 atom stereocenters. The van der Waals surface area contributed by atoms with E-state index in [-0.39, 0.29) is 23.6 Å². The summed E-state index contributed by atoms with van der Waals surface area (Å²) in [4.78, 5) is 22.1. The van der Waals surface area contributed by atoms with Crippen LogP contribution in [-0.4, -0.2) is 11.0 Å². The molecule has 0 heterocycles. The highest BCUT2D eigenvalue weighted by Crippen LogP contribution is 2.19. The number of nitrogens with one attached hydrogen (secondary N) is 1. The third-order valence-electron chi connectivity index (χ3n) is 1.81. The van der Waals surface area contributed by atoms with E-state index in [1.807, 2.05) is 0 Å². The molecular formula is C10H10FNO2S. The van der Waals surface area contributed by atoms with Crippen molar-refractivity contribution in [3.05, 3.63) is 29.6 Å². The van der Waals surface area contributed by atoms with Crippen molar-refractivity contribution < 1.29 is 14.0 Å². The van der Waals surface area contributed by atoms with Gasteiger partial charge in [0.2, 0.25) is 11.0 Å². The monoisotopic (exact) mass is 227 g/mol. The third-order valence-corrected chi connectivity index (χ3v) is 2.05. The van der Waals surface area contributed by atoms with E-state index < -0.39 is 10.9 Å². The standard InChI is InChI=1S/C10H10FNO2S/c1-2-9(13)12-8-4-3-6(11)5-7(8)10(14)15/h3-5H,2H2,1H3,(H,12,13)(H,14,15). The molecule has 3 nitrogen and oxygen atoms in total. The number of thiol groups is 1. The summed E-state index contributed by atoms with van der Waals surface area (Å²) >= 11 is 3.60. The van der Waals surface area contributed by atoms with Crippen LogP contribution in [0.3, 0.4) is 0 Å². The molecule has 0 spiro atoms. The highest BCUT2D eigenvalue weighted by atomic mass is 32.1. The Kier molecular flexibility index (Phi) is 3.85. The Balaban J connectivity index is 3.06. The number of anilines is 1. The summed E-state index contributed by atoms with van der Waals surface area (Å²) in [6, 6.07) is 3.55. The quantitative estimate of drug-likeness (QED) is 0.778. The minimum atomic E-state index is -0.582. The average Bonchev–Trinajstić information content (AvgIpc) is 2.20. The Hall–Kier alpha value is -1.36. The summed E-state index contributed by atoms with van der Waals surface area (Å²) in [6.07, 6.45) is 0.289. The maximum absolute atomic E-state index is 12.8. The van der Waals surface area contributed by atoms with Crippen molar-refractivity contribution in [1.82, 2.24) is 0 Å². The van der Waals surface area contributed by atoms with Crippen molar-refractivity contribution in [2.75, 3.05) is 5.32 Å². The minimum absolute atomic E-state index is 0.0557. The maximum Gasteiger partial charge on any atom is 0.224 e. The molecule has 0 aliphatic heterocycles.